The van der Waals surface area contributed by atoms with Crippen LogP contribution in [-0.4, -0.2) is 23.5 Å². The van der Waals surface area contributed by atoms with Crippen LogP contribution in [0.25, 0.3) is 0 Å². The Morgan fingerprint density at radius 3 is 2.82 bits per heavy atom. The highest BCUT2D eigenvalue weighted by Crippen LogP contribution is 2.32. The highest BCUT2D eigenvalue weighted by Gasteiger charge is 2.30. The molecule has 1 aromatic heterocycles. The van der Waals surface area contributed by atoms with Gasteiger partial charge in [-0.1, -0.05) is 41.9 Å². The van der Waals surface area contributed by atoms with Crippen molar-refractivity contribution >= 4 is 23.3 Å². The lowest BCUT2D eigenvalue weighted by Crippen LogP contribution is -2.24. The van der Waals surface area contributed by atoms with Gasteiger partial charge in [0.15, 0.2) is 0 Å². The first kappa shape index (κ1) is 14.8. The summed E-state index contributed by atoms with van der Waals surface area (Å²) >= 11 is 6.17. The predicted molar refractivity (Wildman–Crippen MR) is 84.9 cm³/mol. The Morgan fingerprint density at radius 2 is 2.14 bits per heavy atom. The van der Waals surface area contributed by atoms with Gasteiger partial charge in [0, 0.05) is 12.8 Å². The van der Waals surface area contributed by atoms with Crippen LogP contribution < -0.4 is 11.1 Å². The van der Waals surface area contributed by atoms with Gasteiger partial charge in [0.2, 0.25) is 5.91 Å². The minimum Gasteiger partial charge on any atom is -0.371 e. The molecule has 3 N–H and O–H groups in total. The van der Waals surface area contributed by atoms with E-state index in [4.69, 9.17) is 22.1 Å². The van der Waals surface area contributed by atoms with Gasteiger partial charge in [0.1, 0.15) is 11.9 Å². The zero-order valence-electron chi connectivity index (χ0n) is 11.8. The monoisotopic (exact) mass is 317 g/mol. The number of nitrogens with one attached hydrogen (secondary N) is 1. The third kappa shape index (κ3) is 3.05. The highest BCUT2D eigenvalue weighted by molar-refractivity contribution is 6.33. The molecular weight excluding hydrogens is 302 g/mol. The number of hydrogen-bond acceptors (Lipinski definition) is 4. The number of amides is 1. The maximum Gasteiger partial charge on any atom is 0.250 e. The van der Waals surface area contributed by atoms with E-state index in [-0.39, 0.29) is 17.7 Å². The molecule has 3 rings (SSSR count). The van der Waals surface area contributed by atoms with Gasteiger partial charge < -0.3 is 15.8 Å². The molecule has 0 radical (unpaired) electrons. The van der Waals surface area contributed by atoms with E-state index in [0.29, 0.717) is 17.4 Å². The van der Waals surface area contributed by atoms with Crippen molar-refractivity contribution in [3.8, 4) is 0 Å². The third-order valence-electron chi connectivity index (χ3n) is 3.67. The Kier molecular flexibility index (Phi) is 4.27. The number of pyridine rings is 1. The van der Waals surface area contributed by atoms with Gasteiger partial charge in [-0.3, -0.25) is 4.79 Å². The van der Waals surface area contributed by atoms with E-state index in [1.54, 1.807) is 0 Å². The van der Waals surface area contributed by atoms with E-state index in [2.05, 4.69) is 10.3 Å². The van der Waals surface area contributed by atoms with Crippen molar-refractivity contribution in [2.24, 2.45) is 5.73 Å². The Hall–Kier alpha value is -2.11. The third-order valence-corrected chi connectivity index (χ3v) is 3.96. The summed E-state index contributed by atoms with van der Waals surface area (Å²) in [6.07, 6.45) is 2.23. The zero-order valence-corrected chi connectivity index (χ0v) is 12.6. The van der Waals surface area contributed by atoms with E-state index in [0.717, 1.165) is 12.0 Å². The fraction of sp³-hybridized carbons (Fsp3) is 0.250. The summed E-state index contributed by atoms with van der Waals surface area (Å²) in [5, 5.41) is 3.67. The topological polar surface area (TPSA) is 77.2 Å². The normalized spacial score (nSPS) is 20.8. The summed E-state index contributed by atoms with van der Waals surface area (Å²) in [5.74, 6) is -0.0181. The van der Waals surface area contributed by atoms with E-state index in [1.807, 2.05) is 30.3 Å². The van der Waals surface area contributed by atoms with Crippen molar-refractivity contribution in [2.45, 2.75) is 18.6 Å². The van der Waals surface area contributed by atoms with Crippen LogP contribution in [0, 0.1) is 0 Å². The second-order valence-corrected chi connectivity index (χ2v) is 5.57. The Morgan fingerprint density at radius 1 is 1.36 bits per heavy atom. The fourth-order valence-electron chi connectivity index (χ4n) is 2.56. The first-order valence-corrected chi connectivity index (χ1v) is 7.41. The molecule has 22 heavy (non-hydrogen) atoms. The van der Waals surface area contributed by atoms with E-state index >= 15 is 0 Å². The summed E-state index contributed by atoms with van der Waals surface area (Å²) in [6.45, 7) is 0.675. The van der Waals surface area contributed by atoms with Gasteiger partial charge in [-0.15, -0.1) is 0 Å². The van der Waals surface area contributed by atoms with Crippen LogP contribution in [-0.2, 0) is 4.74 Å². The zero-order chi connectivity index (χ0) is 15.5. The fourth-order valence-corrected chi connectivity index (χ4v) is 2.78. The number of carbonyl (C=O) groups excluding carboxylic acids is 1. The maximum atomic E-state index is 11.1. The second-order valence-electron chi connectivity index (χ2n) is 5.16. The summed E-state index contributed by atoms with van der Waals surface area (Å²) in [7, 11) is 0. The summed E-state index contributed by atoms with van der Waals surface area (Å²) in [5.41, 5.74) is 6.62. The molecule has 0 saturated carbocycles. The number of carbonyl (C=O) groups is 1. The molecule has 0 aliphatic carbocycles. The molecule has 1 aromatic carbocycles. The molecule has 0 unspecified atom stereocenters. The number of anilines is 1. The summed E-state index contributed by atoms with van der Waals surface area (Å²) in [6, 6.07) is 11.6. The highest BCUT2D eigenvalue weighted by atomic mass is 35.5. The maximum absolute atomic E-state index is 11.1. The molecule has 0 spiro atoms. The average molecular weight is 318 g/mol. The number of primary amides is 1. The Labute approximate surface area is 133 Å². The van der Waals surface area contributed by atoms with Crippen molar-refractivity contribution in [3.05, 3.63) is 58.7 Å². The number of nitrogens with two attached hydrogens (primary N) is 1. The van der Waals surface area contributed by atoms with Crippen LogP contribution in [0.4, 0.5) is 5.82 Å². The molecule has 6 heteroatoms. The standard InChI is InChI=1S/C16H16ClN3O2/c17-12-8-11(15(18)21)9-19-16(12)20-13-6-7-22-14(13)10-4-2-1-3-5-10/h1-5,8-9,13-14H,6-7H2,(H2,18,21)(H,19,20)/t13-,14-/m1/s1. The van der Waals surface area contributed by atoms with Crippen LogP contribution in [0.1, 0.15) is 28.4 Å². The minimum absolute atomic E-state index is 0.0464. The first-order chi connectivity index (χ1) is 10.6. The lowest BCUT2D eigenvalue weighted by atomic mass is 10.0. The molecule has 1 aliphatic heterocycles. The molecule has 1 fully saturated rings. The number of aromatic nitrogens is 1. The van der Waals surface area contributed by atoms with Gasteiger partial charge in [-0.05, 0) is 18.1 Å². The molecule has 2 aromatic rings. The van der Waals surface area contributed by atoms with Crippen molar-refractivity contribution in [3.63, 3.8) is 0 Å². The first-order valence-electron chi connectivity index (χ1n) is 7.03. The van der Waals surface area contributed by atoms with Crippen molar-refractivity contribution in [2.75, 3.05) is 11.9 Å². The quantitative estimate of drug-likeness (QED) is 0.909. The Balaban J connectivity index is 1.79. The smallest absolute Gasteiger partial charge is 0.250 e. The number of nitrogens with zero attached hydrogens (tertiary/aromatic N) is 1. The number of rotatable bonds is 4. The van der Waals surface area contributed by atoms with Gasteiger partial charge in [0.25, 0.3) is 0 Å². The van der Waals surface area contributed by atoms with E-state index in [1.165, 1.54) is 12.3 Å². The van der Waals surface area contributed by atoms with Crippen LogP contribution >= 0.6 is 11.6 Å². The minimum atomic E-state index is -0.549. The molecule has 2 heterocycles. The molecule has 1 saturated heterocycles. The van der Waals surface area contributed by atoms with Crippen LogP contribution in [0.3, 0.4) is 0 Å². The van der Waals surface area contributed by atoms with Gasteiger partial charge in [-0.25, -0.2) is 4.98 Å². The SMILES string of the molecule is NC(=O)c1cnc(N[C@@H]2CCO[C@@H]2c2ccccc2)c(Cl)c1. The number of hydrogen-bond donors (Lipinski definition) is 2. The van der Waals surface area contributed by atoms with Crippen molar-refractivity contribution in [1.82, 2.24) is 4.98 Å². The number of halogens is 1. The van der Waals surface area contributed by atoms with E-state index < -0.39 is 5.91 Å². The van der Waals surface area contributed by atoms with Crippen LogP contribution in [0.15, 0.2) is 42.6 Å². The molecule has 5 nitrogen and oxygen atoms in total. The molecule has 114 valence electrons. The van der Waals surface area contributed by atoms with Crippen molar-refractivity contribution < 1.29 is 9.53 Å². The Bertz CT molecular complexity index is 678. The molecule has 1 amide bonds. The van der Waals surface area contributed by atoms with Crippen LogP contribution in [0.2, 0.25) is 5.02 Å². The largest absolute Gasteiger partial charge is 0.371 e. The average Bonchev–Trinajstić information content (AvgIpc) is 2.98. The molecular formula is C16H16ClN3O2. The predicted octanol–water partition coefficient (Wildman–Crippen LogP) is 2.78. The van der Waals surface area contributed by atoms with Gasteiger partial charge >= 0.3 is 0 Å². The van der Waals surface area contributed by atoms with E-state index in [9.17, 15) is 4.79 Å². The number of ether oxygens (including phenoxy) is 1. The second kappa shape index (κ2) is 6.34. The van der Waals surface area contributed by atoms with Crippen LogP contribution in [0.5, 0.6) is 0 Å². The van der Waals surface area contributed by atoms with Gasteiger partial charge in [0.05, 0.1) is 16.6 Å². The summed E-state index contributed by atoms with van der Waals surface area (Å²) in [4.78, 5) is 15.3. The number of benzene rings is 1. The molecule has 0 bridgehead atoms. The van der Waals surface area contributed by atoms with Crippen molar-refractivity contribution in [1.29, 1.82) is 0 Å². The lowest BCUT2D eigenvalue weighted by Gasteiger charge is -2.21. The lowest BCUT2D eigenvalue weighted by molar-refractivity contribution is 0.1000. The molecule has 1 aliphatic rings. The molecule has 2 atom stereocenters. The summed E-state index contributed by atoms with van der Waals surface area (Å²) < 4.78 is 5.82. The van der Waals surface area contributed by atoms with Gasteiger partial charge in [-0.2, -0.15) is 0 Å².